The Balaban J connectivity index is 1.78. The Kier molecular flexibility index (Phi) is 6.40. The number of carboxylic acids is 1. The molecule has 2 aromatic carbocycles. The lowest BCUT2D eigenvalue weighted by atomic mass is 10.00. The van der Waals surface area contributed by atoms with E-state index in [0.717, 1.165) is 24.0 Å². The first-order chi connectivity index (χ1) is 13.3. The molecule has 3 rings (SSSR count). The molecule has 1 atom stereocenters. The maximum absolute atomic E-state index is 14.5. The van der Waals surface area contributed by atoms with Crippen LogP contribution >= 0.6 is 11.6 Å². The van der Waals surface area contributed by atoms with Crippen molar-refractivity contribution in [1.29, 1.82) is 0 Å². The molecule has 1 N–H and O–H groups in total. The first-order valence-electron chi connectivity index (χ1n) is 9.46. The number of carboxylic acid groups (broad SMARTS) is 1. The van der Waals surface area contributed by atoms with Crippen LogP contribution in [0.1, 0.15) is 42.9 Å². The average Bonchev–Trinajstić information content (AvgIpc) is 3.02. The molecule has 5 heteroatoms. The van der Waals surface area contributed by atoms with Gasteiger partial charge in [0.1, 0.15) is 6.61 Å². The molecule has 0 saturated carbocycles. The summed E-state index contributed by atoms with van der Waals surface area (Å²) in [5.41, 5.74) is 5.10. The third-order valence-corrected chi connectivity index (χ3v) is 5.64. The molecule has 0 fully saturated rings. The van der Waals surface area contributed by atoms with E-state index in [1.54, 1.807) is 6.07 Å². The summed E-state index contributed by atoms with van der Waals surface area (Å²) >= 11 is 5.99. The summed E-state index contributed by atoms with van der Waals surface area (Å²) in [5.74, 6) is -0.759. The normalized spacial score (nSPS) is 16.5. The van der Waals surface area contributed by atoms with E-state index in [1.165, 1.54) is 17.2 Å². The molecule has 1 aliphatic carbocycles. The Morgan fingerprint density at radius 1 is 1.29 bits per heavy atom. The number of hydrogen-bond donors (Lipinski definition) is 1. The molecule has 0 spiro atoms. The summed E-state index contributed by atoms with van der Waals surface area (Å²) in [7, 11) is 0. The standard InChI is InChI=1S/C23H24ClFO3/c1-14-3-9-19(16-4-7-18(24)8-5-16)20(14)13-28-22-11-15(2)17(12-21(22)25)6-10-23(26)27/h4-5,7-8,11-12,14H,3,6,9-10,13H2,1-2H3,(H,26,27). The van der Waals surface area contributed by atoms with Gasteiger partial charge in [0, 0.05) is 11.4 Å². The zero-order valence-corrected chi connectivity index (χ0v) is 16.9. The van der Waals surface area contributed by atoms with Crippen molar-refractivity contribution in [2.24, 2.45) is 5.92 Å². The minimum Gasteiger partial charge on any atom is -0.486 e. The predicted molar refractivity (Wildman–Crippen MR) is 109 cm³/mol. The third kappa shape index (κ3) is 4.74. The van der Waals surface area contributed by atoms with Crippen molar-refractivity contribution >= 4 is 23.1 Å². The minimum absolute atomic E-state index is 0.0185. The van der Waals surface area contributed by atoms with E-state index in [-0.39, 0.29) is 12.2 Å². The highest BCUT2D eigenvalue weighted by atomic mass is 35.5. The molecule has 0 aliphatic heterocycles. The van der Waals surface area contributed by atoms with Gasteiger partial charge in [-0.05, 0) is 84.2 Å². The van der Waals surface area contributed by atoms with Crippen molar-refractivity contribution in [1.82, 2.24) is 0 Å². The van der Waals surface area contributed by atoms with E-state index in [2.05, 4.69) is 6.92 Å². The number of benzene rings is 2. The number of halogens is 2. The molecular weight excluding hydrogens is 379 g/mol. The summed E-state index contributed by atoms with van der Waals surface area (Å²) < 4.78 is 20.3. The Morgan fingerprint density at radius 2 is 2.00 bits per heavy atom. The summed E-state index contributed by atoms with van der Waals surface area (Å²) in [5, 5.41) is 9.53. The summed E-state index contributed by atoms with van der Waals surface area (Å²) in [4.78, 5) is 10.8. The lowest BCUT2D eigenvalue weighted by molar-refractivity contribution is -0.136. The van der Waals surface area contributed by atoms with E-state index in [4.69, 9.17) is 21.4 Å². The Hall–Kier alpha value is -2.33. The summed E-state index contributed by atoms with van der Waals surface area (Å²) in [6, 6.07) is 10.8. The second kappa shape index (κ2) is 8.78. The molecule has 0 amide bonds. The average molecular weight is 403 g/mol. The number of aliphatic carboxylic acids is 1. The molecule has 28 heavy (non-hydrogen) atoms. The Labute approximate surface area is 169 Å². The smallest absolute Gasteiger partial charge is 0.303 e. The first-order valence-corrected chi connectivity index (χ1v) is 9.84. The van der Waals surface area contributed by atoms with Gasteiger partial charge in [0.2, 0.25) is 0 Å². The van der Waals surface area contributed by atoms with E-state index < -0.39 is 11.8 Å². The van der Waals surface area contributed by atoms with Crippen LogP contribution in [0.3, 0.4) is 0 Å². The fourth-order valence-corrected chi connectivity index (χ4v) is 3.80. The zero-order valence-electron chi connectivity index (χ0n) is 16.1. The minimum atomic E-state index is -0.892. The number of allylic oxidation sites excluding steroid dienone is 1. The van der Waals surface area contributed by atoms with Gasteiger partial charge in [-0.2, -0.15) is 0 Å². The van der Waals surface area contributed by atoms with Crippen molar-refractivity contribution in [3.63, 3.8) is 0 Å². The maximum atomic E-state index is 14.5. The molecule has 148 valence electrons. The Bertz CT molecular complexity index is 903. The number of ether oxygens (including phenoxy) is 1. The van der Waals surface area contributed by atoms with Crippen molar-refractivity contribution < 1.29 is 19.0 Å². The molecule has 3 nitrogen and oxygen atoms in total. The van der Waals surface area contributed by atoms with Crippen LogP contribution in [0.2, 0.25) is 5.02 Å². The number of rotatable bonds is 7. The van der Waals surface area contributed by atoms with Crippen LogP contribution in [0.5, 0.6) is 5.75 Å². The molecule has 0 bridgehead atoms. The van der Waals surface area contributed by atoms with Gasteiger partial charge >= 0.3 is 5.97 Å². The van der Waals surface area contributed by atoms with Gasteiger partial charge in [-0.3, -0.25) is 4.79 Å². The number of aryl methyl sites for hydroxylation is 2. The van der Waals surface area contributed by atoms with E-state index in [0.29, 0.717) is 29.5 Å². The molecule has 0 aromatic heterocycles. The predicted octanol–water partition coefficient (Wildman–Crippen LogP) is 6.07. The van der Waals surface area contributed by atoms with Crippen molar-refractivity contribution in [3.8, 4) is 5.75 Å². The number of hydrogen-bond acceptors (Lipinski definition) is 2. The molecule has 0 saturated heterocycles. The van der Waals surface area contributed by atoms with Crippen LogP contribution in [0, 0.1) is 18.7 Å². The summed E-state index contributed by atoms with van der Waals surface area (Å²) in [6.07, 6.45) is 2.31. The first kappa shape index (κ1) is 20.4. The van der Waals surface area contributed by atoms with Crippen molar-refractivity contribution in [2.75, 3.05) is 6.61 Å². The third-order valence-electron chi connectivity index (χ3n) is 5.38. The second-order valence-corrected chi connectivity index (χ2v) is 7.78. The molecule has 1 aliphatic rings. The molecule has 0 radical (unpaired) electrons. The monoisotopic (exact) mass is 402 g/mol. The van der Waals surface area contributed by atoms with Gasteiger partial charge in [0.15, 0.2) is 11.6 Å². The van der Waals surface area contributed by atoms with E-state index in [1.807, 2.05) is 31.2 Å². The van der Waals surface area contributed by atoms with E-state index in [9.17, 15) is 9.18 Å². The van der Waals surface area contributed by atoms with Crippen LogP contribution in [0.15, 0.2) is 42.0 Å². The fourth-order valence-electron chi connectivity index (χ4n) is 3.68. The summed E-state index contributed by atoms with van der Waals surface area (Å²) in [6.45, 7) is 4.35. The molecule has 2 aromatic rings. The zero-order chi connectivity index (χ0) is 20.3. The van der Waals surface area contributed by atoms with Crippen molar-refractivity contribution in [3.05, 3.63) is 69.5 Å². The Morgan fingerprint density at radius 3 is 2.68 bits per heavy atom. The van der Waals surface area contributed by atoms with Gasteiger partial charge in [-0.15, -0.1) is 0 Å². The maximum Gasteiger partial charge on any atom is 0.303 e. The fraction of sp³-hybridized carbons (Fsp3) is 0.348. The largest absolute Gasteiger partial charge is 0.486 e. The van der Waals surface area contributed by atoms with Gasteiger partial charge in [-0.1, -0.05) is 30.7 Å². The lowest BCUT2D eigenvalue weighted by Gasteiger charge is -2.15. The van der Waals surface area contributed by atoms with Crippen molar-refractivity contribution in [2.45, 2.75) is 39.5 Å². The van der Waals surface area contributed by atoms with Crippen LogP contribution in [0.4, 0.5) is 4.39 Å². The topological polar surface area (TPSA) is 46.5 Å². The number of carbonyl (C=O) groups is 1. The SMILES string of the molecule is Cc1cc(OCC2=C(c3ccc(Cl)cc3)CCC2C)c(F)cc1CCC(=O)O. The van der Waals surface area contributed by atoms with Crippen LogP contribution < -0.4 is 4.74 Å². The van der Waals surface area contributed by atoms with Gasteiger partial charge in [0.05, 0.1) is 0 Å². The van der Waals surface area contributed by atoms with Crippen LogP contribution in [-0.4, -0.2) is 17.7 Å². The molecule has 1 unspecified atom stereocenters. The highest BCUT2D eigenvalue weighted by molar-refractivity contribution is 6.30. The van der Waals surface area contributed by atoms with E-state index >= 15 is 0 Å². The lowest BCUT2D eigenvalue weighted by Crippen LogP contribution is -2.08. The van der Waals surface area contributed by atoms with Crippen LogP contribution in [0.25, 0.3) is 5.57 Å². The van der Waals surface area contributed by atoms with Gasteiger partial charge in [0.25, 0.3) is 0 Å². The highest BCUT2D eigenvalue weighted by Gasteiger charge is 2.24. The molecule has 0 heterocycles. The van der Waals surface area contributed by atoms with Gasteiger partial charge in [-0.25, -0.2) is 4.39 Å². The van der Waals surface area contributed by atoms with Gasteiger partial charge < -0.3 is 9.84 Å². The quantitative estimate of drug-likeness (QED) is 0.611. The molecular formula is C23H24ClFO3. The van der Waals surface area contributed by atoms with Crippen LogP contribution in [-0.2, 0) is 11.2 Å². The highest BCUT2D eigenvalue weighted by Crippen LogP contribution is 2.38. The second-order valence-electron chi connectivity index (χ2n) is 7.34.